The summed E-state index contributed by atoms with van der Waals surface area (Å²) in [6.07, 6.45) is 3.78. The normalized spacial score (nSPS) is 22.9. The highest BCUT2D eigenvalue weighted by Gasteiger charge is 2.31. The van der Waals surface area contributed by atoms with Crippen LogP contribution in [0.1, 0.15) is 24.8 Å². The summed E-state index contributed by atoms with van der Waals surface area (Å²) in [6.45, 7) is 3.99. The van der Waals surface area contributed by atoms with Crippen molar-refractivity contribution in [1.29, 1.82) is 0 Å². The van der Waals surface area contributed by atoms with Gasteiger partial charge in [0.25, 0.3) is 5.69 Å². The minimum absolute atomic E-state index is 0.233. The maximum absolute atomic E-state index is 11.4. The molecule has 0 aliphatic carbocycles. The van der Waals surface area contributed by atoms with Crippen LogP contribution < -0.4 is 4.90 Å². The Morgan fingerprint density at radius 2 is 2.14 bits per heavy atom. The molecule has 0 bridgehead atoms. The first kappa shape index (κ1) is 14.8. The Morgan fingerprint density at radius 3 is 2.90 bits per heavy atom. The second-order valence-electron chi connectivity index (χ2n) is 5.85. The van der Waals surface area contributed by atoms with Crippen molar-refractivity contribution in [3.8, 4) is 0 Å². The Bertz CT molecular complexity index is 538. The quantitative estimate of drug-likeness (QED) is 0.475. The summed E-state index contributed by atoms with van der Waals surface area (Å²) in [5.74, 6) is 0. The summed E-state index contributed by atoms with van der Waals surface area (Å²) in [7, 11) is 0. The smallest absolute Gasteiger partial charge is 0.292 e. The summed E-state index contributed by atoms with van der Waals surface area (Å²) in [5.41, 5.74) is 1.95. The number of piperazine rings is 1. The topological polar surface area (TPSA) is 49.6 Å². The molecule has 21 heavy (non-hydrogen) atoms. The molecule has 2 saturated heterocycles. The lowest BCUT2D eigenvalue weighted by atomic mass is 9.99. The summed E-state index contributed by atoms with van der Waals surface area (Å²) in [5, 5.41) is 12.0. The number of nitrogens with zero attached hydrogens (tertiary/aromatic N) is 3. The predicted octanol–water partition coefficient (Wildman–Crippen LogP) is 3.16. The SMILES string of the molecule is O=[N+]([O-])c1cc(CBr)ccc1N1CCN2CCCCC2C1. The Kier molecular flexibility index (Phi) is 4.45. The fraction of sp³-hybridized carbons (Fsp3) is 0.600. The first-order valence-electron chi connectivity index (χ1n) is 7.51. The van der Waals surface area contributed by atoms with E-state index < -0.39 is 0 Å². The molecule has 3 rings (SSSR count). The van der Waals surface area contributed by atoms with Crippen molar-refractivity contribution >= 4 is 27.3 Å². The van der Waals surface area contributed by atoms with Crippen LogP contribution in [0.2, 0.25) is 0 Å². The molecular formula is C15H20BrN3O2. The third-order valence-corrected chi connectivity index (χ3v) is 5.22. The molecule has 2 heterocycles. The number of hydrogen-bond acceptors (Lipinski definition) is 4. The van der Waals surface area contributed by atoms with E-state index in [9.17, 15) is 10.1 Å². The van der Waals surface area contributed by atoms with Crippen LogP contribution in [0.3, 0.4) is 0 Å². The van der Waals surface area contributed by atoms with Gasteiger partial charge in [0.05, 0.1) is 4.92 Å². The maximum atomic E-state index is 11.4. The van der Waals surface area contributed by atoms with Gasteiger partial charge in [-0.3, -0.25) is 15.0 Å². The molecule has 2 fully saturated rings. The predicted molar refractivity (Wildman–Crippen MR) is 87.2 cm³/mol. The molecule has 6 heteroatoms. The lowest BCUT2D eigenvalue weighted by Gasteiger charge is -2.44. The first-order chi connectivity index (χ1) is 10.2. The van der Waals surface area contributed by atoms with Crippen LogP contribution in [0.15, 0.2) is 18.2 Å². The van der Waals surface area contributed by atoms with E-state index in [0.29, 0.717) is 11.4 Å². The minimum Gasteiger partial charge on any atom is -0.363 e. The summed E-state index contributed by atoms with van der Waals surface area (Å²) in [4.78, 5) is 15.9. The van der Waals surface area contributed by atoms with Crippen molar-refractivity contribution in [3.63, 3.8) is 0 Å². The maximum Gasteiger partial charge on any atom is 0.292 e. The minimum atomic E-state index is -0.255. The standard InChI is InChI=1S/C15H20BrN3O2/c16-10-12-4-5-14(15(9-12)19(20)21)18-8-7-17-6-2-1-3-13(17)11-18/h4-5,9,13H,1-3,6-8,10-11H2. The molecular weight excluding hydrogens is 334 g/mol. The van der Waals surface area contributed by atoms with Crippen LogP contribution in [0.4, 0.5) is 11.4 Å². The second kappa shape index (κ2) is 6.32. The summed E-state index contributed by atoms with van der Waals surface area (Å²) >= 11 is 3.36. The average molecular weight is 354 g/mol. The van der Waals surface area contributed by atoms with Crippen LogP contribution in [-0.2, 0) is 5.33 Å². The summed E-state index contributed by atoms with van der Waals surface area (Å²) in [6, 6.07) is 6.14. The number of alkyl halides is 1. The molecule has 0 amide bonds. The third-order valence-electron chi connectivity index (χ3n) is 4.57. The second-order valence-corrected chi connectivity index (χ2v) is 6.41. The molecule has 0 aromatic heterocycles. The zero-order valence-corrected chi connectivity index (χ0v) is 13.6. The number of nitro groups is 1. The molecule has 2 aliphatic rings. The number of nitro benzene ring substituents is 1. The molecule has 114 valence electrons. The van der Waals surface area contributed by atoms with E-state index in [0.717, 1.165) is 30.9 Å². The van der Waals surface area contributed by atoms with Crippen molar-refractivity contribution < 1.29 is 4.92 Å². The van der Waals surface area contributed by atoms with Gasteiger partial charge in [0.15, 0.2) is 0 Å². The lowest BCUT2D eigenvalue weighted by molar-refractivity contribution is -0.384. The van der Waals surface area contributed by atoms with Gasteiger partial charge in [-0.25, -0.2) is 0 Å². The van der Waals surface area contributed by atoms with Crippen LogP contribution >= 0.6 is 15.9 Å². The fourth-order valence-electron chi connectivity index (χ4n) is 3.44. The highest BCUT2D eigenvalue weighted by Crippen LogP contribution is 2.32. The van der Waals surface area contributed by atoms with Gasteiger partial charge in [-0.05, 0) is 31.0 Å². The van der Waals surface area contributed by atoms with Crippen molar-refractivity contribution in [1.82, 2.24) is 4.90 Å². The Hall–Kier alpha value is -1.14. The molecule has 0 radical (unpaired) electrons. The van der Waals surface area contributed by atoms with E-state index in [-0.39, 0.29) is 10.6 Å². The number of benzene rings is 1. The molecule has 0 saturated carbocycles. The Balaban J connectivity index is 1.84. The number of piperidine rings is 1. The van der Waals surface area contributed by atoms with E-state index in [1.165, 1.54) is 25.8 Å². The molecule has 2 aliphatic heterocycles. The highest BCUT2D eigenvalue weighted by molar-refractivity contribution is 9.08. The van der Waals surface area contributed by atoms with Crippen LogP contribution in [0, 0.1) is 10.1 Å². The monoisotopic (exact) mass is 353 g/mol. The van der Waals surface area contributed by atoms with Crippen LogP contribution in [0.5, 0.6) is 0 Å². The van der Waals surface area contributed by atoms with E-state index in [4.69, 9.17) is 0 Å². The largest absolute Gasteiger partial charge is 0.363 e. The van der Waals surface area contributed by atoms with Gasteiger partial charge >= 0.3 is 0 Å². The number of halogens is 1. The van der Waals surface area contributed by atoms with Crippen molar-refractivity contribution in [2.75, 3.05) is 31.1 Å². The zero-order valence-electron chi connectivity index (χ0n) is 12.0. The van der Waals surface area contributed by atoms with Gasteiger partial charge in [-0.15, -0.1) is 0 Å². The van der Waals surface area contributed by atoms with E-state index in [1.807, 2.05) is 12.1 Å². The molecule has 1 unspecified atom stereocenters. The zero-order chi connectivity index (χ0) is 14.8. The van der Waals surface area contributed by atoms with Crippen LogP contribution in [-0.4, -0.2) is 42.0 Å². The molecule has 1 aromatic carbocycles. The number of anilines is 1. The summed E-state index contributed by atoms with van der Waals surface area (Å²) < 4.78 is 0. The molecule has 1 atom stereocenters. The van der Waals surface area contributed by atoms with Gasteiger partial charge in [-0.2, -0.15) is 0 Å². The van der Waals surface area contributed by atoms with Crippen LogP contribution in [0.25, 0.3) is 0 Å². The van der Waals surface area contributed by atoms with E-state index in [1.54, 1.807) is 6.07 Å². The lowest BCUT2D eigenvalue weighted by Crippen LogP contribution is -2.55. The van der Waals surface area contributed by atoms with Gasteiger partial charge in [0.1, 0.15) is 5.69 Å². The Morgan fingerprint density at radius 1 is 1.29 bits per heavy atom. The average Bonchev–Trinajstić information content (AvgIpc) is 2.53. The molecule has 0 N–H and O–H groups in total. The van der Waals surface area contributed by atoms with E-state index >= 15 is 0 Å². The van der Waals surface area contributed by atoms with Gasteiger partial charge in [0, 0.05) is 37.1 Å². The Labute approximate surface area is 133 Å². The van der Waals surface area contributed by atoms with Crippen molar-refractivity contribution in [2.45, 2.75) is 30.6 Å². The van der Waals surface area contributed by atoms with Gasteiger partial charge < -0.3 is 4.90 Å². The third kappa shape index (κ3) is 3.06. The fourth-order valence-corrected chi connectivity index (χ4v) is 3.79. The van der Waals surface area contributed by atoms with E-state index in [2.05, 4.69) is 25.7 Å². The van der Waals surface area contributed by atoms with Gasteiger partial charge in [0.2, 0.25) is 0 Å². The number of hydrogen-bond donors (Lipinski definition) is 0. The first-order valence-corrected chi connectivity index (χ1v) is 8.63. The molecule has 5 nitrogen and oxygen atoms in total. The van der Waals surface area contributed by atoms with Gasteiger partial charge in [-0.1, -0.05) is 28.4 Å². The number of fused-ring (bicyclic) bond motifs is 1. The van der Waals surface area contributed by atoms with Crippen molar-refractivity contribution in [2.24, 2.45) is 0 Å². The number of rotatable bonds is 3. The highest BCUT2D eigenvalue weighted by atomic mass is 79.9. The molecule has 1 aromatic rings. The van der Waals surface area contributed by atoms with Crippen molar-refractivity contribution in [3.05, 3.63) is 33.9 Å². The molecule has 0 spiro atoms.